The van der Waals surface area contributed by atoms with Crippen molar-refractivity contribution in [1.82, 2.24) is 4.90 Å². The molecule has 1 aliphatic rings. The lowest BCUT2D eigenvalue weighted by Crippen LogP contribution is -2.42. The molecule has 0 amide bonds. The van der Waals surface area contributed by atoms with Gasteiger partial charge < -0.3 is 9.64 Å². The van der Waals surface area contributed by atoms with Crippen LogP contribution in [0.4, 0.5) is 13.2 Å². The molecule has 0 aromatic heterocycles. The van der Waals surface area contributed by atoms with Crippen molar-refractivity contribution in [2.24, 2.45) is 5.92 Å². The maximum absolute atomic E-state index is 12.6. The van der Waals surface area contributed by atoms with Crippen molar-refractivity contribution in [3.8, 4) is 0 Å². The molecule has 0 radical (unpaired) electrons. The number of carbonyl (C=O) groups is 1. The van der Waals surface area contributed by atoms with E-state index in [1.54, 1.807) is 25.7 Å². The zero-order valence-corrected chi connectivity index (χ0v) is 11.7. The molecule has 112 valence electrons. The average Bonchev–Trinajstić information content (AvgIpc) is 2.23. The van der Waals surface area contributed by atoms with E-state index < -0.39 is 17.7 Å². The summed E-state index contributed by atoms with van der Waals surface area (Å²) in [7, 11) is 0. The quantitative estimate of drug-likeness (QED) is 0.745. The molecule has 19 heavy (non-hydrogen) atoms. The van der Waals surface area contributed by atoms with Crippen molar-refractivity contribution < 1.29 is 22.7 Å². The number of rotatable bonds is 3. The smallest absolute Gasteiger partial charge is 0.393 e. The largest absolute Gasteiger partial charge is 0.460 e. The monoisotopic (exact) mass is 281 g/mol. The van der Waals surface area contributed by atoms with E-state index in [0.717, 1.165) is 0 Å². The van der Waals surface area contributed by atoms with Crippen LogP contribution in [0.2, 0.25) is 0 Å². The van der Waals surface area contributed by atoms with Crippen LogP contribution in [0.25, 0.3) is 0 Å². The van der Waals surface area contributed by atoms with Crippen LogP contribution in [0.5, 0.6) is 0 Å². The highest BCUT2D eigenvalue weighted by Crippen LogP contribution is 2.33. The Morgan fingerprint density at radius 1 is 1.32 bits per heavy atom. The number of halogens is 3. The Balaban J connectivity index is 2.35. The van der Waals surface area contributed by atoms with E-state index in [4.69, 9.17) is 4.74 Å². The number of carbonyl (C=O) groups excluding carboxylic acids is 1. The topological polar surface area (TPSA) is 29.5 Å². The molecule has 0 N–H and O–H groups in total. The van der Waals surface area contributed by atoms with Gasteiger partial charge in [-0.05, 0) is 40.2 Å². The van der Waals surface area contributed by atoms with Crippen LogP contribution in [0.1, 0.15) is 40.0 Å². The molecular formula is C13H22F3NO2. The maximum atomic E-state index is 12.6. The van der Waals surface area contributed by atoms with E-state index in [1.807, 2.05) is 0 Å². The first-order valence-corrected chi connectivity index (χ1v) is 6.59. The molecule has 1 atom stereocenters. The molecule has 0 spiro atoms. The van der Waals surface area contributed by atoms with Gasteiger partial charge in [0.1, 0.15) is 5.60 Å². The van der Waals surface area contributed by atoms with Crippen LogP contribution < -0.4 is 0 Å². The molecule has 1 fully saturated rings. The summed E-state index contributed by atoms with van der Waals surface area (Å²) in [5.41, 5.74) is -0.548. The molecule has 0 aromatic rings. The molecule has 0 bridgehead atoms. The third kappa shape index (κ3) is 6.27. The Morgan fingerprint density at radius 3 is 2.47 bits per heavy atom. The molecule has 1 saturated heterocycles. The fourth-order valence-corrected chi connectivity index (χ4v) is 2.17. The van der Waals surface area contributed by atoms with Crippen LogP contribution in [-0.2, 0) is 9.53 Å². The average molecular weight is 281 g/mol. The molecule has 1 heterocycles. The van der Waals surface area contributed by atoms with Crippen molar-refractivity contribution >= 4 is 5.97 Å². The second-order valence-electron chi connectivity index (χ2n) is 6.02. The molecule has 1 unspecified atom stereocenters. The van der Waals surface area contributed by atoms with Gasteiger partial charge in [-0.1, -0.05) is 0 Å². The molecule has 6 heteroatoms. The van der Waals surface area contributed by atoms with E-state index in [0.29, 0.717) is 19.5 Å². The van der Waals surface area contributed by atoms with Crippen LogP contribution in [0, 0.1) is 5.92 Å². The van der Waals surface area contributed by atoms with E-state index >= 15 is 0 Å². The van der Waals surface area contributed by atoms with Gasteiger partial charge in [-0.3, -0.25) is 4.79 Å². The third-order valence-corrected chi connectivity index (χ3v) is 3.02. The number of likely N-dealkylation sites (tertiary alicyclic amines) is 1. The van der Waals surface area contributed by atoms with E-state index in [2.05, 4.69) is 0 Å². The molecule has 1 rings (SSSR count). The van der Waals surface area contributed by atoms with Gasteiger partial charge in [0, 0.05) is 13.1 Å². The summed E-state index contributed by atoms with van der Waals surface area (Å²) < 4.78 is 43.0. The second-order valence-corrected chi connectivity index (χ2v) is 6.02. The van der Waals surface area contributed by atoms with E-state index in [-0.39, 0.29) is 25.4 Å². The van der Waals surface area contributed by atoms with Crippen molar-refractivity contribution in [2.45, 2.75) is 51.8 Å². The van der Waals surface area contributed by atoms with Gasteiger partial charge in [0.2, 0.25) is 0 Å². The van der Waals surface area contributed by atoms with Crippen LogP contribution in [-0.4, -0.2) is 42.3 Å². The number of esters is 1. The van der Waals surface area contributed by atoms with Gasteiger partial charge in [0.15, 0.2) is 0 Å². The number of nitrogens with zero attached hydrogens (tertiary/aromatic N) is 1. The zero-order chi connectivity index (χ0) is 14.7. The third-order valence-electron chi connectivity index (χ3n) is 3.02. The van der Waals surface area contributed by atoms with Crippen molar-refractivity contribution in [3.05, 3.63) is 0 Å². The lowest BCUT2D eigenvalue weighted by molar-refractivity contribution is -0.186. The van der Waals surface area contributed by atoms with Crippen LogP contribution >= 0.6 is 0 Å². The number of hydrogen-bond acceptors (Lipinski definition) is 3. The summed E-state index contributed by atoms with van der Waals surface area (Å²) >= 11 is 0. The number of piperidine rings is 1. The lowest BCUT2D eigenvalue weighted by Gasteiger charge is -2.33. The molecule has 0 aliphatic carbocycles. The maximum Gasteiger partial charge on any atom is 0.393 e. The minimum absolute atomic E-state index is 0.00764. The molecule has 1 aliphatic heterocycles. The normalized spacial score (nSPS) is 22.3. The van der Waals surface area contributed by atoms with Gasteiger partial charge in [-0.25, -0.2) is 0 Å². The first-order chi connectivity index (χ1) is 8.58. The molecule has 3 nitrogen and oxygen atoms in total. The van der Waals surface area contributed by atoms with Gasteiger partial charge in [0.05, 0.1) is 12.3 Å². The molecule has 0 saturated carbocycles. The molecule has 0 aromatic carbocycles. The fourth-order valence-electron chi connectivity index (χ4n) is 2.17. The summed E-state index contributed by atoms with van der Waals surface area (Å²) in [4.78, 5) is 13.2. The van der Waals surface area contributed by atoms with Crippen molar-refractivity contribution in [3.63, 3.8) is 0 Å². The van der Waals surface area contributed by atoms with Crippen LogP contribution in [0.15, 0.2) is 0 Å². The highest BCUT2D eigenvalue weighted by Gasteiger charge is 2.41. The molecular weight excluding hydrogens is 259 g/mol. The first kappa shape index (κ1) is 16.3. The highest BCUT2D eigenvalue weighted by molar-refractivity contribution is 5.70. The lowest BCUT2D eigenvalue weighted by atomic mass is 9.97. The SMILES string of the molecule is CC(C)(C)OC(=O)CCN1CCCC(C(F)(F)F)C1. The summed E-state index contributed by atoms with van der Waals surface area (Å²) in [5.74, 6) is -1.62. The van der Waals surface area contributed by atoms with Crippen molar-refractivity contribution in [1.29, 1.82) is 0 Å². The number of hydrogen-bond donors (Lipinski definition) is 0. The standard InChI is InChI=1S/C13H22F3NO2/c1-12(2,3)19-11(18)6-8-17-7-4-5-10(9-17)13(14,15)16/h10H,4-9H2,1-3H3. The number of ether oxygens (including phenoxy) is 1. The predicted molar refractivity (Wildman–Crippen MR) is 65.7 cm³/mol. The van der Waals surface area contributed by atoms with Gasteiger partial charge in [-0.2, -0.15) is 13.2 Å². The van der Waals surface area contributed by atoms with Gasteiger partial charge in [-0.15, -0.1) is 0 Å². The van der Waals surface area contributed by atoms with Crippen molar-refractivity contribution in [2.75, 3.05) is 19.6 Å². The summed E-state index contributed by atoms with van der Waals surface area (Å²) in [5, 5.41) is 0. The first-order valence-electron chi connectivity index (χ1n) is 6.59. The van der Waals surface area contributed by atoms with E-state index in [1.165, 1.54) is 0 Å². The zero-order valence-electron chi connectivity index (χ0n) is 11.7. The second kappa shape index (κ2) is 6.11. The highest BCUT2D eigenvalue weighted by atomic mass is 19.4. The van der Waals surface area contributed by atoms with Gasteiger partial charge in [0.25, 0.3) is 0 Å². The fraction of sp³-hybridized carbons (Fsp3) is 0.923. The minimum atomic E-state index is -4.13. The van der Waals surface area contributed by atoms with Crippen LogP contribution in [0.3, 0.4) is 0 Å². The minimum Gasteiger partial charge on any atom is -0.460 e. The Kier molecular flexibility index (Phi) is 5.24. The Labute approximate surface area is 112 Å². The summed E-state index contributed by atoms with van der Waals surface area (Å²) in [6.07, 6.45) is -3.28. The summed E-state index contributed by atoms with van der Waals surface area (Å²) in [6, 6.07) is 0. The Morgan fingerprint density at radius 2 is 1.95 bits per heavy atom. The van der Waals surface area contributed by atoms with Gasteiger partial charge >= 0.3 is 12.1 Å². The Bertz CT molecular complexity index is 310. The van der Waals surface area contributed by atoms with E-state index in [9.17, 15) is 18.0 Å². The number of alkyl halides is 3. The predicted octanol–water partition coefficient (Wildman–Crippen LogP) is 2.99. The summed E-state index contributed by atoms with van der Waals surface area (Å²) in [6.45, 7) is 6.26. The Hall–Kier alpha value is -0.780.